The van der Waals surface area contributed by atoms with E-state index in [0.717, 1.165) is 22.0 Å². The molecule has 8 heteroatoms. The van der Waals surface area contributed by atoms with Crippen molar-refractivity contribution in [3.8, 4) is 5.75 Å². The van der Waals surface area contributed by atoms with Gasteiger partial charge in [0.15, 0.2) is 0 Å². The molecule has 0 bridgehead atoms. The smallest absolute Gasteiger partial charge is 0.404 e. The van der Waals surface area contributed by atoms with Gasteiger partial charge >= 0.3 is 6.36 Å². The van der Waals surface area contributed by atoms with Crippen molar-refractivity contribution in [2.45, 2.75) is 24.1 Å². The Balaban J connectivity index is 2.08. The predicted molar refractivity (Wildman–Crippen MR) is 82.5 cm³/mol. The molecule has 0 N–H and O–H groups in total. The number of nitrogens with zero attached hydrogens (tertiary/aromatic N) is 1. The summed E-state index contributed by atoms with van der Waals surface area (Å²) in [5, 5.41) is 0. The first-order chi connectivity index (χ1) is 11.2. The number of fused-ring (bicyclic) bond motifs is 1. The summed E-state index contributed by atoms with van der Waals surface area (Å²) in [5.41, 5.74) is 1.32. The summed E-state index contributed by atoms with van der Waals surface area (Å²) < 4.78 is 68.5. The molecule has 0 saturated heterocycles. The average Bonchev–Trinajstić information content (AvgIpc) is 2.84. The molecule has 0 radical (unpaired) electrons. The lowest BCUT2D eigenvalue weighted by atomic mass is 10.0. The highest BCUT2D eigenvalue weighted by atomic mass is 32.2. The third-order valence-corrected chi connectivity index (χ3v) is 5.64. The number of alkyl halides is 3. The highest BCUT2D eigenvalue weighted by Gasteiger charge is 2.38. The molecule has 1 aliphatic heterocycles. The van der Waals surface area contributed by atoms with Crippen LogP contribution >= 0.6 is 0 Å². The van der Waals surface area contributed by atoms with Crippen molar-refractivity contribution in [3.63, 3.8) is 0 Å². The summed E-state index contributed by atoms with van der Waals surface area (Å²) in [4.78, 5) is -0.508. The van der Waals surface area contributed by atoms with E-state index < -0.39 is 27.0 Å². The van der Waals surface area contributed by atoms with Crippen molar-refractivity contribution in [1.29, 1.82) is 0 Å². The van der Waals surface area contributed by atoms with Crippen molar-refractivity contribution < 1.29 is 26.3 Å². The van der Waals surface area contributed by atoms with E-state index in [2.05, 4.69) is 4.74 Å². The van der Waals surface area contributed by atoms with Crippen LogP contribution in [-0.4, -0.2) is 21.3 Å². The molecule has 1 unspecified atom stereocenters. The fourth-order valence-corrected chi connectivity index (χ4v) is 4.49. The minimum Gasteiger partial charge on any atom is -0.404 e. The molecule has 0 amide bonds. The third-order valence-electron chi connectivity index (χ3n) is 3.82. The zero-order valence-electron chi connectivity index (χ0n) is 12.6. The van der Waals surface area contributed by atoms with Gasteiger partial charge in [0.05, 0.1) is 5.69 Å². The van der Waals surface area contributed by atoms with E-state index >= 15 is 0 Å². The van der Waals surface area contributed by atoms with E-state index in [1.165, 1.54) is 12.1 Å². The van der Waals surface area contributed by atoms with Crippen LogP contribution in [-0.2, 0) is 10.0 Å². The number of sulfonamides is 1. The van der Waals surface area contributed by atoms with Crippen LogP contribution in [0.4, 0.5) is 18.9 Å². The van der Waals surface area contributed by atoms with Crippen LogP contribution in [0, 0.1) is 0 Å². The topological polar surface area (TPSA) is 46.6 Å². The number of ether oxygens (including phenoxy) is 1. The molecule has 4 nitrogen and oxygen atoms in total. The summed E-state index contributed by atoms with van der Waals surface area (Å²) in [5.74, 6) is -0.784. The van der Waals surface area contributed by atoms with Crippen LogP contribution in [0.2, 0.25) is 0 Å². The molecule has 2 aromatic rings. The van der Waals surface area contributed by atoms with E-state index in [1.807, 2.05) is 13.0 Å². The van der Waals surface area contributed by atoms with Crippen LogP contribution in [0.5, 0.6) is 5.75 Å². The second kappa shape index (κ2) is 5.70. The molecule has 24 heavy (non-hydrogen) atoms. The number of para-hydroxylation sites is 2. The molecule has 0 aromatic heterocycles. The highest BCUT2D eigenvalue weighted by molar-refractivity contribution is 7.93. The van der Waals surface area contributed by atoms with Crippen molar-refractivity contribution in [1.82, 2.24) is 0 Å². The van der Waals surface area contributed by atoms with Crippen molar-refractivity contribution >= 4 is 15.7 Å². The van der Waals surface area contributed by atoms with E-state index in [0.29, 0.717) is 5.69 Å². The largest absolute Gasteiger partial charge is 0.573 e. The van der Waals surface area contributed by atoms with Crippen molar-refractivity contribution in [2.24, 2.45) is 0 Å². The molecule has 0 saturated carbocycles. The van der Waals surface area contributed by atoms with Gasteiger partial charge in [0, 0.05) is 12.5 Å². The molecular weight excluding hydrogens is 343 g/mol. The molecule has 128 valence electrons. The summed E-state index contributed by atoms with van der Waals surface area (Å²) in [6.45, 7) is 2.04. The maximum absolute atomic E-state index is 12.9. The molecule has 2 aromatic carbocycles. The minimum absolute atomic E-state index is 0.0494. The Kier molecular flexibility index (Phi) is 3.95. The summed E-state index contributed by atoms with van der Waals surface area (Å²) >= 11 is 0. The Bertz CT molecular complexity index is 865. The van der Waals surface area contributed by atoms with Crippen LogP contribution in [0.15, 0.2) is 53.4 Å². The Labute approximate surface area is 137 Å². The Morgan fingerprint density at radius 1 is 1.08 bits per heavy atom. The SMILES string of the molecule is CC1CN(S(=O)(=O)c2ccccc2OC(F)(F)F)c2ccccc21. The fraction of sp³-hybridized carbons (Fsp3) is 0.250. The first kappa shape index (κ1) is 16.6. The van der Waals surface area contributed by atoms with Gasteiger partial charge in [-0.2, -0.15) is 0 Å². The van der Waals surface area contributed by atoms with Crippen LogP contribution in [0.3, 0.4) is 0 Å². The van der Waals surface area contributed by atoms with Crippen molar-refractivity contribution in [3.05, 3.63) is 54.1 Å². The van der Waals surface area contributed by atoms with Gasteiger partial charge in [0.2, 0.25) is 0 Å². The van der Waals surface area contributed by atoms with Gasteiger partial charge in [-0.05, 0) is 23.8 Å². The van der Waals surface area contributed by atoms with Gasteiger partial charge in [0.25, 0.3) is 10.0 Å². The highest BCUT2D eigenvalue weighted by Crippen LogP contribution is 2.41. The van der Waals surface area contributed by atoms with E-state index in [4.69, 9.17) is 0 Å². The molecule has 0 fully saturated rings. The van der Waals surface area contributed by atoms with E-state index in [-0.39, 0.29) is 12.5 Å². The molecule has 0 aliphatic carbocycles. The average molecular weight is 357 g/mol. The minimum atomic E-state index is -4.97. The molecule has 1 aliphatic rings. The van der Waals surface area contributed by atoms with Gasteiger partial charge in [-0.25, -0.2) is 8.42 Å². The van der Waals surface area contributed by atoms with Gasteiger partial charge in [-0.3, -0.25) is 4.31 Å². The first-order valence-electron chi connectivity index (χ1n) is 7.16. The zero-order valence-corrected chi connectivity index (χ0v) is 13.4. The maximum Gasteiger partial charge on any atom is 0.573 e. The van der Waals surface area contributed by atoms with Gasteiger partial charge in [0.1, 0.15) is 10.6 Å². The third kappa shape index (κ3) is 2.93. The zero-order chi connectivity index (χ0) is 17.5. The van der Waals surface area contributed by atoms with E-state index in [1.54, 1.807) is 18.2 Å². The Morgan fingerprint density at radius 2 is 1.71 bits per heavy atom. The molecule has 3 rings (SSSR count). The number of halogens is 3. The molecule has 1 atom stereocenters. The van der Waals surface area contributed by atoms with Gasteiger partial charge < -0.3 is 4.74 Å². The maximum atomic E-state index is 12.9. The number of hydrogen-bond acceptors (Lipinski definition) is 3. The van der Waals surface area contributed by atoms with Gasteiger partial charge in [-0.15, -0.1) is 13.2 Å². The van der Waals surface area contributed by atoms with Crippen LogP contribution in [0.1, 0.15) is 18.4 Å². The molecular formula is C16H14F3NO3S. The summed E-state index contributed by atoms with van der Waals surface area (Å²) in [6.07, 6.45) is -4.97. The number of anilines is 1. The quantitative estimate of drug-likeness (QED) is 0.837. The van der Waals surface area contributed by atoms with Crippen LogP contribution < -0.4 is 9.04 Å². The number of benzene rings is 2. The lowest BCUT2D eigenvalue weighted by molar-refractivity contribution is -0.275. The normalized spacial score (nSPS) is 17.7. The summed E-state index contributed by atoms with van der Waals surface area (Å²) in [7, 11) is -4.18. The second-order valence-corrected chi connectivity index (χ2v) is 7.32. The standard InChI is InChI=1S/C16H14F3NO3S/c1-11-10-20(13-7-3-2-6-12(11)13)24(21,22)15-9-5-4-8-14(15)23-16(17,18)19/h2-9,11H,10H2,1H3. The van der Waals surface area contributed by atoms with Crippen molar-refractivity contribution in [2.75, 3.05) is 10.8 Å². The fourth-order valence-electron chi connectivity index (χ4n) is 2.80. The number of hydrogen-bond donors (Lipinski definition) is 0. The summed E-state index contributed by atoms with van der Waals surface area (Å²) in [6, 6.07) is 11.7. The second-order valence-electron chi connectivity index (χ2n) is 5.49. The lowest BCUT2D eigenvalue weighted by Gasteiger charge is -2.21. The van der Waals surface area contributed by atoms with Crippen LogP contribution in [0.25, 0.3) is 0 Å². The Hall–Kier alpha value is -2.22. The number of rotatable bonds is 3. The monoisotopic (exact) mass is 357 g/mol. The van der Waals surface area contributed by atoms with E-state index in [9.17, 15) is 21.6 Å². The lowest BCUT2D eigenvalue weighted by Crippen LogP contribution is -2.30. The predicted octanol–water partition coefficient (Wildman–Crippen LogP) is 3.90. The Morgan fingerprint density at radius 3 is 2.42 bits per heavy atom. The molecule has 0 spiro atoms. The first-order valence-corrected chi connectivity index (χ1v) is 8.60. The van der Waals surface area contributed by atoms with Gasteiger partial charge in [-0.1, -0.05) is 37.3 Å². The molecule has 1 heterocycles.